The van der Waals surface area contributed by atoms with Crippen molar-refractivity contribution < 1.29 is 48.1 Å². The highest BCUT2D eigenvalue weighted by Gasteiger charge is 2.58. The van der Waals surface area contributed by atoms with Crippen molar-refractivity contribution in [1.82, 2.24) is 29.2 Å². The minimum absolute atomic E-state index is 0.000214. The Morgan fingerprint density at radius 2 is 1.59 bits per heavy atom. The summed E-state index contributed by atoms with van der Waals surface area (Å²) >= 11 is 0. The van der Waals surface area contributed by atoms with Gasteiger partial charge in [-0.15, -0.1) is 0 Å². The minimum Gasteiger partial charge on any atom is -0.481 e. The number of fused-ring (bicyclic) bond motifs is 9. The van der Waals surface area contributed by atoms with E-state index in [1.807, 2.05) is 44.1 Å². The molecule has 4 aromatic rings. The predicted molar refractivity (Wildman–Crippen MR) is 324 cm³/mol. The highest BCUT2D eigenvalue weighted by Crippen LogP contribution is 2.66. The number of Topliss-reactive ketones (excluding diaryl/α,β-unsaturated/α-hetero) is 1. The second-order valence-corrected chi connectivity index (χ2v) is 25.6. The third kappa shape index (κ3) is 12.2. The number of ether oxygens (including phenoxy) is 3. The Labute approximate surface area is 499 Å². The van der Waals surface area contributed by atoms with Crippen molar-refractivity contribution in [1.29, 1.82) is 0 Å². The second kappa shape index (κ2) is 25.1. The number of rotatable bonds is 17. The summed E-state index contributed by atoms with van der Waals surface area (Å²) in [5, 5.41) is 8.23. The van der Waals surface area contributed by atoms with Crippen LogP contribution < -0.4 is 15.2 Å². The van der Waals surface area contributed by atoms with Crippen LogP contribution in [-0.4, -0.2) is 151 Å². The number of hydrogen-bond donors (Lipinski definition) is 1. The molecule has 1 saturated heterocycles. The number of carboxylic acids is 1. The van der Waals surface area contributed by atoms with Gasteiger partial charge in [0.2, 0.25) is 5.60 Å². The number of anilines is 1. The fraction of sp³-hybridized carbons (Fsp3) is 0.552. The first-order valence-corrected chi connectivity index (χ1v) is 30.7. The first-order valence-electron chi connectivity index (χ1n) is 30.7. The molecule has 6 atom stereocenters. The largest absolute Gasteiger partial charge is 0.481 e. The molecular formula is C67H85N7O11. The molecule has 2 aromatic heterocycles. The summed E-state index contributed by atoms with van der Waals surface area (Å²) < 4.78 is 19.3. The number of esters is 2. The SMILES string of the molecule is CC(=O)O.CC[C@@]1(OC(=O)CN(C)C)C(=O)OCc2c1cc1n(c2=O)Cc2cc3c(CN(C)C)c(OC(=O)N4CCN(CCCCCCN(C)c5ccc([C@H]6CC7(C)C(C(C)=O)CCC7C7CCC8=CC(=O)CCC8=C76)cc5)CC4)ccc3nc2-1. The number of carboxylic acid groups (broad SMARTS) is 1. The maximum absolute atomic E-state index is 14.2. The van der Waals surface area contributed by atoms with E-state index in [1.54, 1.807) is 53.1 Å². The Morgan fingerprint density at radius 1 is 0.859 bits per heavy atom. The van der Waals surface area contributed by atoms with Crippen LogP contribution in [0, 0.1) is 23.2 Å². The van der Waals surface area contributed by atoms with Gasteiger partial charge in [0, 0.05) is 99.3 Å². The van der Waals surface area contributed by atoms with E-state index in [2.05, 4.69) is 48.0 Å². The van der Waals surface area contributed by atoms with E-state index in [0.29, 0.717) is 71.9 Å². The molecule has 2 aromatic carbocycles. The molecule has 1 N–H and O–H groups in total. The highest BCUT2D eigenvalue weighted by atomic mass is 16.6. The number of aliphatic carboxylic acids is 1. The Hall–Kier alpha value is -7.02. The highest BCUT2D eigenvalue weighted by molar-refractivity contribution is 5.93. The van der Waals surface area contributed by atoms with Gasteiger partial charge in [0.15, 0.2) is 5.78 Å². The number of aromatic nitrogens is 2. The fourth-order valence-electron chi connectivity index (χ4n) is 15.4. The van der Waals surface area contributed by atoms with E-state index in [9.17, 15) is 28.8 Å². The number of likely N-dealkylation sites (N-methyl/N-ethyl adjacent to an activating group) is 1. The summed E-state index contributed by atoms with van der Waals surface area (Å²) in [5.74, 6) is 0.354. The van der Waals surface area contributed by atoms with E-state index in [0.717, 1.165) is 114 Å². The van der Waals surface area contributed by atoms with Crippen molar-refractivity contribution in [2.24, 2.45) is 23.2 Å². The average molecular weight is 1160 g/mol. The van der Waals surface area contributed by atoms with Crippen LogP contribution in [0.3, 0.4) is 0 Å². The van der Waals surface area contributed by atoms with Crippen molar-refractivity contribution >= 4 is 52.2 Å². The molecule has 2 saturated carbocycles. The van der Waals surface area contributed by atoms with Gasteiger partial charge in [-0.1, -0.05) is 44.4 Å². The van der Waals surface area contributed by atoms with Crippen LogP contribution in [0.1, 0.15) is 138 Å². The Balaban J connectivity index is 0.00000195. The lowest BCUT2D eigenvalue weighted by Crippen LogP contribution is -2.49. The fourth-order valence-corrected chi connectivity index (χ4v) is 15.4. The zero-order valence-electron chi connectivity index (χ0n) is 51.2. The standard InChI is InChI=1S/C65H81N7O9.C2H4O2/c1-9-65(81-58(75)38-68(6)7)54-34-56-60-43(36-72(56)61(76)51(54)39-79-62(65)77)33-48-50(37-67(4)5)57(25-24-55(48)66-60)80-63(78)71-30-28-70(29-31-71)27-13-11-10-12-26-69(8)44-17-14-41(15-18-44)49-35-64(3)52(40(2)73)22-23-53(64)47-20-16-42-32-45(74)19-21-46(42)59(47)49;1-2(3)4/h14-15,17-18,24-25,32-34,47,49,52-53H,9-13,16,19-23,26-31,35-39H2,1-8H3;1H3,(H,3,4)/t47?,49-,52?,53?,64?,65+;/m1./s1. The van der Waals surface area contributed by atoms with Crippen LogP contribution in [0.25, 0.3) is 22.3 Å². The molecule has 0 radical (unpaired) electrons. The molecule has 1 amide bonds. The average Bonchev–Trinajstić information content (AvgIpc) is 3.37. The number of carbonyl (C=O) groups is 6. The molecule has 85 heavy (non-hydrogen) atoms. The second-order valence-electron chi connectivity index (χ2n) is 25.6. The first-order chi connectivity index (χ1) is 40.6. The molecule has 5 heterocycles. The lowest BCUT2D eigenvalue weighted by Gasteiger charge is -2.52. The molecule has 3 fully saturated rings. The molecule has 0 bridgehead atoms. The molecule has 454 valence electrons. The zero-order chi connectivity index (χ0) is 60.6. The number of carbonyl (C=O) groups excluding carboxylic acids is 5. The summed E-state index contributed by atoms with van der Waals surface area (Å²) in [6, 6.07) is 16.7. The number of ketones is 2. The van der Waals surface area contributed by atoms with E-state index >= 15 is 0 Å². The molecule has 11 rings (SSSR count). The summed E-state index contributed by atoms with van der Waals surface area (Å²) in [6.07, 6.45) is 12.8. The molecule has 4 unspecified atom stereocenters. The van der Waals surface area contributed by atoms with Gasteiger partial charge in [0.25, 0.3) is 11.5 Å². The van der Waals surface area contributed by atoms with E-state index in [4.69, 9.17) is 29.1 Å². The van der Waals surface area contributed by atoms with E-state index in [1.165, 1.54) is 22.4 Å². The molecule has 0 spiro atoms. The van der Waals surface area contributed by atoms with Crippen LogP contribution >= 0.6 is 0 Å². The van der Waals surface area contributed by atoms with Gasteiger partial charge in [-0.3, -0.25) is 33.8 Å². The zero-order valence-corrected chi connectivity index (χ0v) is 51.2. The number of pyridine rings is 2. The lowest BCUT2D eigenvalue weighted by atomic mass is 9.51. The summed E-state index contributed by atoms with van der Waals surface area (Å²) in [6.45, 7) is 12.2. The van der Waals surface area contributed by atoms with Crippen molar-refractivity contribution in [3.05, 3.63) is 109 Å². The molecule has 18 heteroatoms. The van der Waals surface area contributed by atoms with Crippen molar-refractivity contribution in [3.8, 4) is 17.1 Å². The normalized spacial score (nSPS) is 24.1. The third-order valence-electron chi connectivity index (χ3n) is 19.4. The van der Waals surface area contributed by atoms with Crippen molar-refractivity contribution in [2.75, 3.05) is 86.0 Å². The number of nitrogens with zero attached hydrogens (tertiary/aromatic N) is 7. The summed E-state index contributed by atoms with van der Waals surface area (Å²) in [5.41, 5.74) is 8.81. The van der Waals surface area contributed by atoms with Gasteiger partial charge in [-0.05, 0) is 176 Å². The van der Waals surface area contributed by atoms with Gasteiger partial charge in [0.1, 0.15) is 18.1 Å². The third-order valence-corrected chi connectivity index (χ3v) is 19.4. The number of amides is 1. The predicted octanol–water partition coefficient (Wildman–Crippen LogP) is 9.26. The Morgan fingerprint density at radius 3 is 2.28 bits per heavy atom. The van der Waals surface area contributed by atoms with E-state index < -0.39 is 23.5 Å². The van der Waals surface area contributed by atoms with Crippen LogP contribution in [0.5, 0.6) is 5.75 Å². The summed E-state index contributed by atoms with van der Waals surface area (Å²) in [7, 11) is 9.58. The van der Waals surface area contributed by atoms with Gasteiger partial charge < -0.3 is 38.6 Å². The van der Waals surface area contributed by atoms with Gasteiger partial charge in [0.05, 0.1) is 35.6 Å². The maximum atomic E-state index is 14.2. The Kier molecular flexibility index (Phi) is 18.1. The number of piperazine rings is 1. The first kappa shape index (κ1) is 61.1. The molecular weight excluding hydrogens is 1080 g/mol. The molecule has 3 aliphatic heterocycles. The number of allylic oxidation sites excluding steroid dienone is 4. The number of hydrogen-bond acceptors (Lipinski definition) is 15. The maximum Gasteiger partial charge on any atom is 0.415 e. The number of unbranched alkanes of at least 4 members (excludes halogenated alkanes) is 3. The molecule has 7 aliphatic rings. The smallest absolute Gasteiger partial charge is 0.415 e. The molecule has 18 nitrogen and oxygen atoms in total. The summed E-state index contributed by atoms with van der Waals surface area (Å²) in [4.78, 5) is 104. The quantitative estimate of drug-likeness (QED) is 0.0681. The van der Waals surface area contributed by atoms with Crippen LogP contribution in [-0.2, 0) is 58.7 Å². The van der Waals surface area contributed by atoms with Gasteiger partial charge in [-0.2, -0.15) is 0 Å². The van der Waals surface area contributed by atoms with Crippen molar-refractivity contribution in [3.63, 3.8) is 0 Å². The lowest BCUT2D eigenvalue weighted by molar-refractivity contribution is -0.189. The minimum atomic E-state index is -1.77. The van der Waals surface area contributed by atoms with E-state index in [-0.39, 0.29) is 66.4 Å². The van der Waals surface area contributed by atoms with Crippen LogP contribution in [0.4, 0.5) is 10.5 Å². The van der Waals surface area contributed by atoms with Gasteiger partial charge >= 0.3 is 18.0 Å². The van der Waals surface area contributed by atoms with Crippen molar-refractivity contribution in [2.45, 2.75) is 136 Å². The van der Waals surface area contributed by atoms with Crippen LogP contribution in [0.15, 0.2) is 76.1 Å². The van der Waals surface area contributed by atoms with Gasteiger partial charge in [-0.25, -0.2) is 14.6 Å². The number of cyclic esters (lactones) is 1. The number of benzene rings is 2. The molecule has 4 aliphatic carbocycles. The monoisotopic (exact) mass is 1160 g/mol. The topological polar surface area (TPSA) is 201 Å². The Bertz CT molecular complexity index is 3410. The van der Waals surface area contributed by atoms with Crippen LogP contribution in [0.2, 0.25) is 0 Å².